The topological polar surface area (TPSA) is 79.2 Å². The average Bonchev–Trinajstić information content (AvgIpc) is 3.01. The Bertz CT molecular complexity index is 1390. The molecule has 1 N–H and O–H groups in total. The van der Waals surface area contributed by atoms with Crippen molar-refractivity contribution in [1.82, 2.24) is 4.57 Å². The van der Waals surface area contributed by atoms with Crippen molar-refractivity contribution in [2.75, 3.05) is 27.6 Å². The number of hydrogen-bond donors (Lipinski definition) is 1. The molecule has 2 heterocycles. The van der Waals surface area contributed by atoms with E-state index in [2.05, 4.69) is 67.5 Å². The van der Waals surface area contributed by atoms with Gasteiger partial charge in [0.1, 0.15) is 12.9 Å². The number of fused-ring (bicyclic) bond motifs is 1. The van der Waals surface area contributed by atoms with Crippen molar-refractivity contribution in [3.05, 3.63) is 99.9 Å². The van der Waals surface area contributed by atoms with Crippen molar-refractivity contribution in [3.63, 3.8) is 0 Å². The van der Waals surface area contributed by atoms with Crippen LogP contribution >= 0.6 is 15.9 Å². The zero-order valence-electron chi connectivity index (χ0n) is 25.8. The van der Waals surface area contributed by atoms with Gasteiger partial charge in [-0.3, -0.25) is 4.79 Å². The summed E-state index contributed by atoms with van der Waals surface area (Å²) < 4.78 is 26.2. The highest BCUT2D eigenvalue weighted by Gasteiger charge is 2.52. The molecule has 0 amide bonds. The minimum absolute atomic E-state index is 0.0437. The molecule has 3 unspecified atom stereocenters. The van der Waals surface area contributed by atoms with Crippen molar-refractivity contribution in [2.24, 2.45) is 5.41 Å². The number of aromatic nitrogens is 1. The Kier molecular flexibility index (Phi) is 10.9. The van der Waals surface area contributed by atoms with E-state index in [9.17, 15) is 9.59 Å². The summed E-state index contributed by atoms with van der Waals surface area (Å²) in [7, 11) is -0.0765. The van der Waals surface area contributed by atoms with Gasteiger partial charge in [0.25, 0.3) is 8.32 Å². The van der Waals surface area contributed by atoms with E-state index in [0.717, 1.165) is 23.2 Å². The van der Waals surface area contributed by atoms with Gasteiger partial charge in [-0.25, -0.2) is 0 Å². The van der Waals surface area contributed by atoms with E-state index in [0.29, 0.717) is 29.7 Å². The lowest BCUT2D eigenvalue weighted by molar-refractivity contribution is -0.178. The van der Waals surface area contributed by atoms with Gasteiger partial charge < -0.3 is 28.3 Å². The number of pyridine rings is 1. The standard InChI is InChI=1S/C34H44BrNO6Si/c1-7-21-41-28-23-36-22-27(35)30(37)31(40-6)29(36)32(42-24-39-5)34(28,4)20-14-19-33(2,3)43(38,25-15-10-8-11-16-25)26-17-12-9-13-18-26/h7-13,15-18,22,28,32,38H,1,14,19-21,23-24H2,2-6H3. The lowest BCUT2D eigenvalue weighted by Crippen LogP contribution is -2.65. The van der Waals surface area contributed by atoms with Gasteiger partial charge in [0.2, 0.25) is 5.43 Å². The van der Waals surface area contributed by atoms with Crippen LogP contribution in [0.25, 0.3) is 0 Å². The third kappa shape index (κ3) is 6.48. The zero-order valence-corrected chi connectivity index (χ0v) is 28.4. The van der Waals surface area contributed by atoms with Crippen LogP contribution in [0.15, 0.2) is 88.8 Å². The Labute approximate surface area is 264 Å². The van der Waals surface area contributed by atoms with E-state index in [1.54, 1.807) is 19.4 Å². The number of hydrogen-bond acceptors (Lipinski definition) is 6. The lowest BCUT2D eigenvalue weighted by atomic mass is 9.70. The molecule has 0 radical (unpaired) electrons. The molecule has 3 atom stereocenters. The Morgan fingerprint density at radius 2 is 1.70 bits per heavy atom. The number of benzene rings is 2. The fraction of sp³-hybridized carbons (Fsp3) is 0.441. The van der Waals surface area contributed by atoms with Crippen molar-refractivity contribution in [3.8, 4) is 5.75 Å². The van der Waals surface area contributed by atoms with Gasteiger partial charge in [0.15, 0.2) is 5.75 Å². The third-order valence-corrected chi connectivity index (χ3v) is 14.1. The minimum atomic E-state index is -3.17. The molecule has 1 aliphatic rings. The monoisotopic (exact) mass is 669 g/mol. The van der Waals surface area contributed by atoms with Crippen molar-refractivity contribution >= 4 is 34.6 Å². The number of nitrogens with zero attached hydrogens (tertiary/aromatic N) is 1. The highest BCUT2D eigenvalue weighted by molar-refractivity contribution is 9.10. The summed E-state index contributed by atoms with van der Waals surface area (Å²) in [6.45, 7) is 11.3. The second-order valence-corrected chi connectivity index (χ2v) is 16.9. The van der Waals surface area contributed by atoms with E-state index < -0.39 is 24.9 Å². The molecule has 0 fully saturated rings. The van der Waals surface area contributed by atoms with E-state index in [1.165, 1.54) is 7.11 Å². The largest absolute Gasteiger partial charge is 0.491 e. The molecule has 4 rings (SSSR count). The van der Waals surface area contributed by atoms with Gasteiger partial charge in [-0.15, -0.1) is 6.58 Å². The first-order valence-electron chi connectivity index (χ1n) is 14.7. The first kappa shape index (κ1) is 33.4. The van der Waals surface area contributed by atoms with E-state index in [4.69, 9.17) is 18.9 Å². The molecule has 0 saturated heterocycles. The lowest BCUT2D eigenvalue weighted by Gasteiger charge is -2.49. The zero-order chi connectivity index (χ0) is 31.3. The predicted molar refractivity (Wildman–Crippen MR) is 177 cm³/mol. The predicted octanol–water partition coefficient (Wildman–Crippen LogP) is 5.57. The van der Waals surface area contributed by atoms with Crippen molar-refractivity contribution in [2.45, 2.75) is 63.8 Å². The molecule has 0 aliphatic carbocycles. The molecular weight excluding hydrogens is 626 g/mol. The summed E-state index contributed by atoms with van der Waals surface area (Å²) in [4.78, 5) is 25.8. The second-order valence-electron chi connectivity index (χ2n) is 12.1. The third-order valence-electron chi connectivity index (χ3n) is 9.03. The van der Waals surface area contributed by atoms with Crippen LogP contribution in [0.5, 0.6) is 5.75 Å². The average molecular weight is 671 g/mol. The molecule has 0 bridgehead atoms. The van der Waals surface area contributed by atoms with E-state index in [1.807, 2.05) is 41.0 Å². The second kappa shape index (κ2) is 14.1. The van der Waals surface area contributed by atoms with Gasteiger partial charge in [-0.1, -0.05) is 93.9 Å². The summed E-state index contributed by atoms with van der Waals surface area (Å²) in [5.41, 5.74) is -0.104. The minimum Gasteiger partial charge on any atom is -0.491 e. The number of methoxy groups -OCH3 is 2. The summed E-state index contributed by atoms with van der Waals surface area (Å²) in [5.74, 6) is 0.249. The van der Waals surface area contributed by atoms with Crippen LogP contribution in [0.2, 0.25) is 5.04 Å². The Hall–Kier alpha value is -2.53. The van der Waals surface area contributed by atoms with Crippen LogP contribution in [0.1, 0.15) is 51.8 Å². The summed E-state index contributed by atoms with van der Waals surface area (Å²) in [6.07, 6.45) is 5.01. The normalized spacial score (nSPS) is 20.4. The maximum Gasteiger partial charge on any atom is 0.258 e. The maximum atomic E-state index is 13.1. The molecule has 3 aromatic rings. The molecule has 7 nitrogen and oxygen atoms in total. The highest BCUT2D eigenvalue weighted by Crippen LogP contribution is 2.52. The van der Waals surface area contributed by atoms with Crippen molar-refractivity contribution in [1.29, 1.82) is 0 Å². The Balaban J connectivity index is 1.73. The van der Waals surface area contributed by atoms with Gasteiger partial charge in [-0.05, 0) is 44.2 Å². The van der Waals surface area contributed by atoms with Crippen LogP contribution in [0.3, 0.4) is 0 Å². The molecule has 2 aromatic carbocycles. The SMILES string of the molecule is C=CCOC1Cn2cc(Br)c(=O)c(OC)c2C(OCOC)C1(C)CCCC(C)(C)[Si](O)(c1ccccc1)c1ccccc1. The maximum absolute atomic E-state index is 13.1. The van der Waals surface area contributed by atoms with Gasteiger partial charge in [-0.2, -0.15) is 0 Å². The Morgan fingerprint density at radius 3 is 2.23 bits per heavy atom. The van der Waals surface area contributed by atoms with Gasteiger partial charge >= 0.3 is 0 Å². The summed E-state index contributed by atoms with van der Waals surface area (Å²) in [6, 6.07) is 20.2. The molecule has 1 aliphatic heterocycles. The molecule has 9 heteroatoms. The molecule has 0 spiro atoms. The van der Waals surface area contributed by atoms with Crippen LogP contribution in [0.4, 0.5) is 0 Å². The molecule has 0 saturated carbocycles. The van der Waals surface area contributed by atoms with Crippen LogP contribution in [0, 0.1) is 5.41 Å². The molecular formula is C34H44BrNO6Si. The van der Waals surface area contributed by atoms with Gasteiger partial charge in [0.05, 0.1) is 30.0 Å². The van der Waals surface area contributed by atoms with Crippen LogP contribution in [-0.4, -0.2) is 51.4 Å². The number of rotatable bonds is 14. The number of ether oxygens (including phenoxy) is 4. The molecule has 232 valence electrons. The fourth-order valence-electron chi connectivity index (χ4n) is 6.63. The van der Waals surface area contributed by atoms with Crippen LogP contribution in [-0.2, 0) is 20.8 Å². The molecule has 43 heavy (non-hydrogen) atoms. The Morgan fingerprint density at radius 1 is 1.09 bits per heavy atom. The fourth-order valence-corrected chi connectivity index (χ4v) is 10.8. The van der Waals surface area contributed by atoms with Crippen molar-refractivity contribution < 1.29 is 23.7 Å². The van der Waals surface area contributed by atoms with Gasteiger partial charge in [0, 0.05) is 25.3 Å². The first-order valence-corrected chi connectivity index (χ1v) is 17.4. The summed E-state index contributed by atoms with van der Waals surface area (Å²) in [5, 5.41) is 1.58. The smallest absolute Gasteiger partial charge is 0.258 e. The van der Waals surface area contributed by atoms with E-state index >= 15 is 0 Å². The van der Waals surface area contributed by atoms with E-state index in [-0.39, 0.29) is 24.1 Å². The summed E-state index contributed by atoms with van der Waals surface area (Å²) >= 11 is 3.40. The molecule has 1 aromatic heterocycles. The quantitative estimate of drug-likeness (QED) is 0.137. The highest BCUT2D eigenvalue weighted by atomic mass is 79.9. The van der Waals surface area contributed by atoms with Crippen LogP contribution < -0.4 is 20.5 Å². The number of halogens is 1. The first-order chi connectivity index (χ1) is 20.5.